The molecule has 102 valence electrons. The summed E-state index contributed by atoms with van der Waals surface area (Å²) in [5.41, 5.74) is 10.7. The predicted molar refractivity (Wildman–Crippen MR) is 70.8 cm³/mol. The number of hydrogen-bond donors (Lipinski definition) is 3. The van der Waals surface area contributed by atoms with E-state index < -0.39 is 17.6 Å². The Labute approximate surface area is 105 Å². The van der Waals surface area contributed by atoms with Crippen molar-refractivity contribution in [3.63, 3.8) is 0 Å². The molecular weight excluding hydrogens is 216 g/mol. The summed E-state index contributed by atoms with van der Waals surface area (Å²) >= 11 is 0. The molecule has 0 spiro atoms. The van der Waals surface area contributed by atoms with Gasteiger partial charge in [-0.1, -0.05) is 52.4 Å². The summed E-state index contributed by atoms with van der Waals surface area (Å²) in [5, 5.41) is 9.25. The minimum Gasteiger partial charge on any atom is -0.480 e. The van der Waals surface area contributed by atoms with Crippen LogP contribution in [0, 0.1) is 0 Å². The van der Waals surface area contributed by atoms with E-state index in [1.807, 2.05) is 0 Å². The molecule has 0 amide bonds. The van der Waals surface area contributed by atoms with E-state index in [1.165, 1.54) is 0 Å². The molecule has 17 heavy (non-hydrogen) atoms. The first-order valence-electron chi connectivity index (χ1n) is 6.76. The minimum absolute atomic E-state index is 0.441. The van der Waals surface area contributed by atoms with Crippen LogP contribution in [0.4, 0.5) is 0 Å². The van der Waals surface area contributed by atoms with Gasteiger partial charge in [0, 0.05) is 6.04 Å². The lowest BCUT2D eigenvalue weighted by atomic mass is 9.83. The third-order valence-electron chi connectivity index (χ3n) is 3.37. The molecule has 4 heteroatoms. The van der Waals surface area contributed by atoms with Crippen molar-refractivity contribution in [3.05, 3.63) is 0 Å². The molecule has 0 aliphatic heterocycles. The van der Waals surface area contributed by atoms with Crippen molar-refractivity contribution >= 4 is 5.97 Å². The van der Waals surface area contributed by atoms with Gasteiger partial charge in [-0.2, -0.15) is 0 Å². The number of aliphatic carboxylic acids is 1. The van der Waals surface area contributed by atoms with Crippen LogP contribution >= 0.6 is 0 Å². The van der Waals surface area contributed by atoms with Crippen LogP contribution in [0.1, 0.15) is 65.2 Å². The second-order valence-corrected chi connectivity index (χ2v) is 4.90. The maximum atomic E-state index is 11.3. The maximum absolute atomic E-state index is 11.3. The first kappa shape index (κ1) is 16.4. The van der Waals surface area contributed by atoms with Gasteiger partial charge in [-0.15, -0.1) is 0 Å². The zero-order valence-corrected chi connectivity index (χ0v) is 11.2. The molecule has 0 fully saturated rings. The summed E-state index contributed by atoms with van der Waals surface area (Å²) in [4.78, 5) is 11.3. The van der Waals surface area contributed by atoms with E-state index in [9.17, 15) is 9.90 Å². The quantitative estimate of drug-likeness (QED) is 0.514. The third kappa shape index (κ3) is 5.50. The Balaban J connectivity index is 4.31. The van der Waals surface area contributed by atoms with Gasteiger partial charge in [0.15, 0.2) is 0 Å². The molecule has 0 radical (unpaired) electrons. The fraction of sp³-hybridized carbons (Fsp3) is 0.923. The van der Waals surface area contributed by atoms with Crippen molar-refractivity contribution in [1.29, 1.82) is 0 Å². The lowest BCUT2D eigenvalue weighted by Crippen LogP contribution is -2.60. The highest BCUT2D eigenvalue weighted by Gasteiger charge is 2.39. The zero-order chi connectivity index (χ0) is 13.3. The van der Waals surface area contributed by atoms with Crippen LogP contribution in [0.15, 0.2) is 0 Å². The molecule has 0 aliphatic rings. The minimum atomic E-state index is -1.25. The van der Waals surface area contributed by atoms with Crippen LogP contribution in [0.5, 0.6) is 0 Å². The SMILES string of the molecule is CCCCCC(N)C(N)(CCCCC)C(=O)O. The Morgan fingerprint density at radius 1 is 1.18 bits per heavy atom. The van der Waals surface area contributed by atoms with Crippen LogP contribution in [-0.2, 0) is 4.79 Å². The summed E-state index contributed by atoms with van der Waals surface area (Å²) in [6.45, 7) is 4.19. The second kappa shape index (κ2) is 8.48. The standard InChI is InChI=1S/C13H28N2O2/c1-3-5-7-9-11(14)13(15,12(16)17)10-8-6-4-2/h11H,3-10,14-15H2,1-2H3,(H,16,17). The second-order valence-electron chi connectivity index (χ2n) is 4.90. The summed E-state index contributed by atoms with van der Waals surface area (Å²) in [6.07, 6.45) is 7.21. The van der Waals surface area contributed by atoms with Crippen LogP contribution < -0.4 is 11.5 Å². The first-order chi connectivity index (χ1) is 7.99. The van der Waals surface area contributed by atoms with E-state index in [0.717, 1.165) is 38.5 Å². The molecule has 0 aliphatic carbocycles. The highest BCUT2D eigenvalue weighted by Crippen LogP contribution is 2.20. The Morgan fingerprint density at radius 2 is 1.71 bits per heavy atom. The van der Waals surface area contributed by atoms with Crippen molar-refractivity contribution in [2.24, 2.45) is 11.5 Å². The van der Waals surface area contributed by atoms with Crippen LogP contribution in [-0.4, -0.2) is 22.7 Å². The molecule has 0 heterocycles. The van der Waals surface area contributed by atoms with Crippen molar-refractivity contribution in [2.45, 2.75) is 76.8 Å². The number of unbranched alkanes of at least 4 members (excludes halogenated alkanes) is 4. The lowest BCUT2D eigenvalue weighted by molar-refractivity contribution is -0.144. The summed E-state index contributed by atoms with van der Waals surface area (Å²) in [7, 11) is 0. The fourth-order valence-corrected chi connectivity index (χ4v) is 1.99. The molecule has 0 aromatic heterocycles. The molecule has 0 bridgehead atoms. The first-order valence-corrected chi connectivity index (χ1v) is 6.76. The highest BCUT2D eigenvalue weighted by atomic mass is 16.4. The van der Waals surface area contributed by atoms with E-state index in [-0.39, 0.29) is 0 Å². The Hall–Kier alpha value is -0.610. The normalized spacial score (nSPS) is 16.5. The number of carboxylic acids is 1. The van der Waals surface area contributed by atoms with Gasteiger partial charge in [0.25, 0.3) is 0 Å². The van der Waals surface area contributed by atoms with Gasteiger partial charge in [0.05, 0.1) is 0 Å². The number of hydrogen-bond acceptors (Lipinski definition) is 3. The average Bonchev–Trinajstić information content (AvgIpc) is 2.29. The Bertz CT molecular complexity index is 221. The number of nitrogens with two attached hydrogens (primary N) is 2. The summed E-state index contributed by atoms with van der Waals surface area (Å²) < 4.78 is 0. The molecule has 0 saturated heterocycles. The molecule has 0 saturated carbocycles. The molecule has 4 nitrogen and oxygen atoms in total. The lowest BCUT2D eigenvalue weighted by Gasteiger charge is -2.31. The smallest absolute Gasteiger partial charge is 0.325 e. The van der Waals surface area contributed by atoms with Gasteiger partial charge < -0.3 is 16.6 Å². The van der Waals surface area contributed by atoms with Gasteiger partial charge in [0.1, 0.15) is 5.54 Å². The monoisotopic (exact) mass is 244 g/mol. The molecule has 5 N–H and O–H groups in total. The average molecular weight is 244 g/mol. The van der Waals surface area contributed by atoms with E-state index in [2.05, 4.69) is 13.8 Å². The van der Waals surface area contributed by atoms with Gasteiger partial charge in [-0.3, -0.25) is 4.79 Å². The zero-order valence-electron chi connectivity index (χ0n) is 11.2. The topological polar surface area (TPSA) is 89.3 Å². The van der Waals surface area contributed by atoms with E-state index in [0.29, 0.717) is 12.8 Å². The molecule has 2 unspecified atom stereocenters. The molecular formula is C13H28N2O2. The van der Waals surface area contributed by atoms with Gasteiger partial charge in [0.2, 0.25) is 0 Å². The Morgan fingerprint density at radius 3 is 2.18 bits per heavy atom. The van der Waals surface area contributed by atoms with Crippen molar-refractivity contribution in [2.75, 3.05) is 0 Å². The third-order valence-corrected chi connectivity index (χ3v) is 3.37. The molecule has 0 aromatic carbocycles. The van der Waals surface area contributed by atoms with Crippen molar-refractivity contribution < 1.29 is 9.90 Å². The highest BCUT2D eigenvalue weighted by molar-refractivity contribution is 5.79. The molecule has 2 atom stereocenters. The van der Waals surface area contributed by atoms with Gasteiger partial charge >= 0.3 is 5.97 Å². The van der Waals surface area contributed by atoms with Crippen LogP contribution in [0.2, 0.25) is 0 Å². The largest absolute Gasteiger partial charge is 0.480 e. The number of rotatable bonds is 10. The van der Waals surface area contributed by atoms with Crippen LogP contribution in [0.25, 0.3) is 0 Å². The van der Waals surface area contributed by atoms with Gasteiger partial charge in [-0.25, -0.2) is 0 Å². The number of carbonyl (C=O) groups is 1. The van der Waals surface area contributed by atoms with E-state index >= 15 is 0 Å². The van der Waals surface area contributed by atoms with E-state index in [1.54, 1.807) is 0 Å². The van der Waals surface area contributed by atoms with Crippen LogP contribution in [0.3, 0.4) is 0 Å². The molecule has 0 aromatic rings. The predicted octanol–water partition coefficient (Wildman–Crippen LogP) is 2.26. The number of carboxylic acid groups (broad SMARTS) is 1. The van der Waals surface area contributed by atoms with Gasteiger partial charge in [-0.05, 0) is 12.8 Å². The fourth-order valence-electron chi connectivity index (χ4n) is 1.99. The summed E-state index contributed by atoms with van der Waals surface area (Å²) in [6, 6.07) is -0.441. The molecule has 0 rings (SSSR count). The van der Waals surface area contributed by atoms with Crippen molar-refractivity contribution in [1.82, 2.24) is 0 Å². The summed E-state index contributed by atoms with van der Waals surface area (Å²) in [5.74, 6) is -0.961. The van der Waals surface area contributed by atoms with Crippen molar-refractivity contribution in [3.8, 4) is 0 Å². The Kier molecular flexibility index (Phi) is 8.17. The maximum Gasteiger partial charge on any atom is 0.325 e. The van der Waals surface area contributed by atoms with E-state index in [4.69, 9.17) is 11.5 Å².